The third kappa shape index (κ3) is 6.08. The summed E-state index contributed by atoms with van der Waals surface area (Å²) in [5, 5.41) is 7.34. The van der Waals surface area contributed by atoms with Crippen LogP contribution in [0.25, 0.3) is 0 Å². The first kappa shape index (κ1) is 18.1. The highest BCUT2D eigenvalue weighted by Gasteiger charge is 2.01. The number of aromatic nitrogens is 1. The van der Waals surface area contributed by atoms with E-state index < -0.39 is 0 Å². The molecule has 0 amide bonds. The molecule has 1 heterocycles. The van der Waals surface area contributed by atoms with E-state index in [9.17, 15) is 0 Å². The highest BCUT2D eigenvalue weighted by atomic mass is 35.5. The second-order valence-corrected chi connectivity index (χ2v) is 5.60. The van der Waals surface area contributed by atoms with E-state index in [0.29, 0.717) is 19.0 Å². The topological polar surface area (TPSA) is 58.5 Å². The second kappa shape index (κ2) is 9.78. The molecular formula is C18H23ClN4O. The normalized spacial score (nSPS) is 11.2. The maximum atomic E-state index is 5.89. The summed E-state index contributed by atoms with van der Waals surface area (Å²) >= 11 is 5.89. The number of nitrogens with one attached hydrogen (secondary N) is 2. The molecule has 0 aliphatic carbocycles. The Morgan fingerprint density at radius 2 is 1.96 bits per heavy atom. The van der Waals surface area contributed by atoms with Gasteiger partial charge in [0.2, 0.25) is 5.88 Å². The van der Waals surface area contributed by atoms with Crippen molar-refractivity contribution >= 4 is 17.6 Å². The molecule has 24 heavy (non-hydrogen) atoms. The lowest BCUT2D eigenvalue weighted by molar-refractivity contribution is 0.326. The van der Waals surface area contributed by atoms with Gasteiger partial charge < -0.3 is 15.4 Å². The number of pyridine rings is 1. The molecule has 5 nitrogen and oxygen atoms in total. The summed E-state index contributed by atoms with van der Waals surface area (Å²) in [5.74, 6) is 1.40. The molecule has 0 aliphatic rings. The van der Waals surface area contributed by atoms with Gasteiger partial charge in [0, 0.05) is 37.4 Å². The number of ether oxygens (including phenoxy) is 1. The van der Waals surface area contributed by atoms with Crippen molar-refractivity contribution in [2.24, 2.45) is 4.99 Å². The van der Waals surface area contributed by atoms with Gasteiger partial charge >= 0.3 is 0 Å². The lowest BCUT2D eigenvalue weighted by atomic mass is 10.1. The van der Waals surface area contributed by atoms with Crippen molar-refractivity contribution in [2.45, 2.75) is 19.9 Å². The van der Waals surface area contributed by atoms with Crippen LogP contribution >= 0.6 is 11.6 Å². The molecule has 0 aliphatic heterocycles. The first-order valence-electron chi connectivity index (χ1n) is 7.98. The maximum Gasteiger partial charge on any atom is 0.213 e. The highest BCUT2D eigenvalue weighted by Crippen LogP contribution is 2.10. The van der Waals surface area contributed by atoms with E-state index >= 15 is 0 Å². The number of halogens is 1. The summed E-state index contributed by atoms with van der Waals surface area (Å²) in [4.78, 5) is 8.39. The summed E-state index contributed by atoms with van der Waals surface area (Å²) in [7, 11) is 1.76. The summed E-state index contributed by atoms with van der Waals surface area (Å²) in [6.07, 6.45) is 2.65. The first-order valence-corrected chi connectivity index (χ1v) is 8.35. The van der Waals surface area contributed by atoms with E-state index in [-0.39, 0.29) is 0 Å². The number of rotatable bonds is 7. The minimum atomic E-state index is 0.609. The Morgan fingerprint density at radius 1 is 1.17 bits per heavy atom. The molecule has 2 N–H and O–H groups in total. The Morgan fingerprint density at radius 3 is 2.67 bits per heavy atom. The molecule has 0 unspecified atom stereocenters. The van der Waals surface area contributed by atoms with Crippen LogP contribution in [0.3, 0.4) is 0 Å². The van der Waals surface area contributed by atoms with E-state index in [1.807, 2.05) is 43.3 Å². The first-order chi connectivity index (χ1) is 11.7. The van der Waals surface area contributed by atoms with E-state index in [2.05, 4.69) is 20.6 Å². The summed E-state index contributed by atoms with van der Waals surface area (Å²) in [6, 6.07) is 11.8. The number of aliphatic imine (C=N–C) groups is 1. The third-order valence-corrected chi connectivity index (χ3v) is 3.65. The van der Waals surface area contributed by atoms with Crippen molar-refractivity contribution in [1.29, 1.82) is 0 Å². The monoisotopic (exact) mass is 346 g/mol. The lowest BCUT2D eigenvalue weighted by Crippen LogP contribution is -2.37. The molecule has 0 spiro atoms. The van der Waals surface area contributed by atoms with Crippen LogP contribution in [0.2, 0.25) is 5.02 Å². The van der Waals surface area contributed by atoms with Crippen LogP contribution in [-0.2, 0) is 13.0 Å². The number of guanidine groups is 1. The molecular weight excluding hydrogens is 324 g/mol. The van der Waals surface area contributed by atoms with Crippen LogP contribution in [-0.4, -0.2) is 31.1 Å². The van der Waals surface area contributed by atoms with Gasteiger partial charge in [-0.05, 0) is 42.7 Å². The Bertz CT molecular complexity index is 658. The largest absolute Gasteiger partial charge is 0.478 e. The van der Waals surface area contributed by atoms with Crippen molar-refractivity contribution in [2.75, 3.05) is 20.2 Å². The van der Waals surface area contributed by atoms with Crippen LogP contribution < -0.4 is 15.4 Å². The van der Waals surface area contributed by atoms with Gasteiger partial charge in [0.25, 0.3) is 0 Å². The van der Waals surface area contributed by atoms with Gasteiger partial charge in [-0.25, -0.2) is 4.98 Å². The summed E-state index contributed by atoms with van der Waals surface area (Å²) in [6.45, 7) is 4.00. The highest BCUT2D eigenvalue weighted by molar-refractivity contribution is 6.30. The van der Waals surface area contributed by atoms with E-state index in [4.69, 9.17) is 16.3 Å². The average molecular weight is 347 g/mol. The van der Waals surface area contributed by atoms with Gasteiger partial charge in [-0.1, -0.05) is 23.7 Å². The number of benzene rings is 1. The van der Waals surface area contributed by atoms with Crippen molar-refractivity contribution in [3.8, 4) is 5.88 Å². The van der Waals surface area contributed by atoms with Crippen LogP contribution in [0.15, 0.2) is 47.6 Å². The summed E-state index contributed by atoms with van der Waals surface area (Å²) < 4.78 is 5.41. The zero-order chi connectivity index (χ0) is 17.2. The minimum absolute atomic E-state index is 0.609. The molecule has 1 aromatic heterocycles. The van der Waals surface area contributed by atoms with E-state index in [0.717, 1.165) is 29.5 Å². The van der Waals surface area contributed by atoms with Gasteiger partial charge in [-0.3, -0.25) is 4.99 Å². The Balaban J connectivity index is 1.78. The molecule has 2 rings (SSSR count). The predicted molar refractivity (Wildman–Crippen MR) is 98.8 cm³/mol. The average Bonchev–Trinajstić information content (AvgIpc) is 2.60. The molecule has 0 bridgehead atoms. The van der Waals surface area contributed by atoms with E-state index in [1.54, 1.807) is 13.2 Å². The molecule has 2 aromatic rings. The van der Waals surface area contributed by atoms with Crippen LogP contribution in [0.4, 0.5) is 0 Å². The molecule has 0 saturated carbocycles. The Labute approximate surface area is 148 Å². The van der Waals surface area contributed by atoms with Gasteiger partial charge in [-0.2, -0.15) is 0 Å². The van der Waals surface area contributed by atoms with Gasteiger partial charge in [0.15, 0.2) is 5.96 Å². The Hall–Kier alpha value is -2.27. The molecule has 0 saturated heterocycles. The zero-order valence-corrected chi connectivity index (χ0v) is 14.8. The smallest absolute Gasteiger partial charge is 0.213 e. The SMILES string of the molecule is CCOc1cc(CNC(=NC)NCCc2ccc(Cl)cc2)ccn1. The fourth-order valence-corrected chi connectivity index (χ4v) is 2.30. The summed E-state index contributed by atoms with van der Waals surface area (Å²) in [5.41, 5.74) is 2.33. The van der Waals surface area contributed by atoms with Gasteiger partial charge in [0.1, 0.15) is 0 Å². The number of hydrogen-bond donors (Lipinski definition) is 2. The van der Waals surface area contributed by atoms with Crippen LogP contribution in [0, 0.1) is 0 Å². The van der Waals surface area contributed by atoms with Crippen molar-refractivity contribution in [3.63, 3.8) is 0 Å². The molecule has 0 fully saturated rings. The van der Waals surface area contributed by atoms with Crippen molar-refractivity contribution < 1.29 is 4.74 Å². The molecule has 1 aromatic carbocycles. The van der Waals surface area contributed by atoms with Crippen molar-refractivity contribution in [1.82, 2.24) is 15.6 Å². The second-order valence-electron chi connectivity index (χ2n) is 5.16. The van der Waals surface area contributed by atoms with E-state index in [1.165, 1.54) is 5.56 Å². The molecule has 128 valence electrons. The fraction of sp³-hybridized carbons (Fsp3) is 0.333. The van der Waals surface area contributed by atoms with Crippen LogP contribution in [0.5, 0.6) is 5.88 Å². The van der Waals surface area contributed by atoms with Crippen LogP contribution in [0.1, 0.15) is 18.1 Å². The molecule has 0 atom stereocenters. The fourth-order valence-electron chi connectivity index (χ4n) is 2.17. The quantitative estimate of drug-likeness (QED) is 0.597. The van der Waals surface area contributed by atoms with Crippen molar-refractivity contribution in [3.05, 3.63) is 58.7 Å². The molecule has 6 heteroatoms. The zero-order valence-electron chi connectivity index (χ0n) is 14.1. The lowest BCUT2D eigenvalue weighted by Gasteiger charge is -2.12. The minimum Gasteiger partial charge on any atom is -0.478 e. The number of nitrogens with zero attached hydrogens (tertiary/aromatic N) is 2. The van der Waals surface area contributed by atoms with Gasteiger partial charge in [0.05, 0.1) is 6.61 Å². The third-order valence-electron chi connectivity index (χ3n) is 3.39. The Kier molecular flexibility index (Phi) is 7.36. The number of hydrogen-bond acceptors (Lipinski definition) is 3. The van der Waals surface area contributed by atoms with Gasteiger partial charge in [-0.15, -0.1) is 0 Å². The standard InChI is InChI=1S/C18H23ClN4O/c1-3-24-17-12-15(9-10-21-17)13-23-18(20-2)22-11-8-14-4-6-16(19)7-5-14/h4-7,9-10,12H,3,8,11,13H2,1-2H3,(H2,20,22,23). The predicted octanol–water partition coefficient (Wildman–Crippen LogP) is 3.04. The molecule has 0 radical (unpaired) electrons. The maximum absolute atomic E-state index is 5.89.